The lowest BCUT2D eigenvalue weighted by atomic mass is 10.0. The van der Waals surface area contributed by atoms with Gasteiger partial charge in [-0.25, -0.2) is 0 Å². The molecule has 1 aromatic carbocycles. The van der Waals surface area contributed by atoms with Gasteiger partial charge in [0.15, 0.2) is 0 Å². The zero-order chi connectivity index (χ0) is 12.8. The van der Waals surface area contributed by atoms with Crippen LogP contribution in [0.5, 0.6) is 0 Å². The van der Waals surface area contributed by atoms with Gasteiger partial charge in [-0.15, -0.1) is 11.3 Å². The first-order valence-electron chi connectivity index (χ1n) is 6.56. The second-order valence-corrected chi connectivity index (χ2v) is 5.83. The minimum Gasteiger partial charge on any atom is -0.313 e. The van der Waals surface area contributed by atoms with Crippen molar-refractivity contribution in [3.63, 3.8) is 0 Å². The molecule has 18 heavy (non-hydrogen) atoms. The van der Waals surface area contributed by atoms with Crippen LogP contribution in [-0.2, 0) is 6.42 Å². The van der Waals surface area contributed by atoms with E-state index in [0.29, 0.717) is 6.04 Å². The number of nitrogens with one attached hydrogen (secondary N) is 1. The molecule has 0 amide bonds. The number of rotatable bonds is 6. The molecule has 1 heterocycles. The molecule has 2 aromatic rings. The van der Waals surface area contributed by atoms with Gasteiger partial charge in [0.05, 0.1) is 0 Å². The lowest BCUT2D eigenvalue weighted by Gasteiger charge is -2.14. The van der Waals surface area contributed by atoms with Gasteiger partial charge in [0.25, 0.3) is 0 Å². The van der Waals surface area contributed by atoms with E-state index in [1.807, 2.05) is 11.3 Å². The zero-order valence-corrected chi connectivity index (χ0v) is 12.0. The molecule has 1 unspecified atom stereocenters. The molecule has 1 aromatic heterocycles. The number of benzene rings is 1. The molecule has 1 atom stereocenters. The van der Waals surface area contributed by atoms with Crippen LogP contribution >= 0.6 is 11.3 Å². The van der Waals surface area contributed by atoms with Crippen LogP contribution in [0.15, 0.2) is 41.8 Å². The molecule has 0 saturated heterocycles. The molecular weight excluding hydrogens is 238 g/mol. The molecule has 2 rings (SSSR count). The van der Waals surface area contributed by atoms with E-state index in [0.717, 1.165) is 0 Å². The summed E-state index contributed by atoms with van der Waals surface area (Å²) >= 11 is 1.84. The van der Waals surface area contributed by atoms with Crippen molar-refractivity contribution in [1.82, 2.24) is 5.32 Å². The summed E-state index contributed by atoms with van der Waals surface area (Å²) in [4.78, 5) is 1.40. The third-order valence-electron chi connectivity index (χ3n) is 3.30. The van der Waals surface area contributed by atoms with Crippen LogP contribution in [0.4, 0.5) is 0 Å². The Morgan fingerprint density at radius 2 is 2.00 bits per heavy atom. The quantitative estimate of drug-likeness (QED) is 0.813. The number of thiophene rings is 1. The first-order chi connectivity index (χ1) is 8.79. The second kappa shape index (κ2) is 6.72. The molecule has 1 N–H and O–H groups in total. The van der Waals surface area contributed by atoms with Gasteiger partial charge >= 0.3 is 0 Å². The Bertz CT molecular complexity index is 461. The SMILES string of the molecule is CNC(CCCc1ccccc1)c1csc(C)c1. The maximum absolute atomic E-state index is 3.42. The summed E-state index contributed by atoms with van der Waals surface area (Å²) in [5, 5.41) is 5.70. The van der Waals surface area contributed by atoms with Crippen LogP contribution in [0, 0.1) is 6.92 Å². The maximum atomic E-state index is 3.42. The Labute approximate surface area is 114 Å². The molecule has 2 heteroatoms. The first kappa shape index (κ1) is 13.3. The molecule has 0 saturated carbocycles. The summed E-state index contributed by atoms with van der Waals surface area (Å²) in [5.74, 6) is 0. The monoisotopic (exact) mass is 259 g/mol. The minimum absolute atomic E-state index is 0.499. The third kappa shape index (κ3) is 3.69. The summed E-state index contributed by atoms with van der Waals surface area (Å²) in [6.45, 7) is 2.17. The Kier molecular flexibility index (Phi) is 4.97. The van der Waals surface area contributed by atoms with Gasteiger partial charge in [-0.2, -0.15) is 0 Å². The highest BCUT2D eigenvalue weighted by Gasteiger charge is 2.10. The molecule has 0 radical (unpaired) electrons. The summed E-state index contributed by atoms with van der Waals surface area (Å²) in [7, 11) is 2.06. The van der Waals surface area contributed by atoms with Crippen molar-refractivity contribution >= 4 is 11.3 Å². The Balaban J connectivity index is 1.85. The van der Waals surface area contributed by atoms with Crippen molar-refractivity contribution in [2.45, 2.75) is 32.2 Å². The summed E-state index contributed by atoms with van der Waals surface area (Å²) < 4.78 is 0. The molecule has 96 valence electrons. The Hall–Kier alpha value is -1.12. The molecule has 0 aliphatic rings. The largest absolute Gasteiger partial charge is 0.313 e. The summed E-state index contributed by atoms with van der Waals surface area (Å²) in [5.41, 5.74) is 2.88. The van der Waals surface area contributed by atoms with Crippen molar-refractivity contribution in [3.05, 3.63) is 57.8 Å². The van der Waals surface area contributed by atoms with E-state index in [2.05, 4.69) is 61.1 Å². The van der Waals surface area contributed by atoms with E-state index in [9.17, 15) is 0 Å². The second-order valence-electron chi connectivity index (χ2n) is 4.71. The predicted octanol–water partition coefficient (Wildman–Crippen LogP) is 4.34. The van der Waals surface area contributed by atoms with Gasteiger partial charge in [0.2, 0.25) is 0 Å². The van der Waals surface area contributed by atoms with E-state index in [-0.39, 0.29) is 0 Å². The molecule has 0 aliphatic carbocycles. The summed E-state index contributed by atoms with van der Waals surface area (Å²) in [6, 6.07) is 13.5. The average Bonchev–Trinajstić information content (AvgIpc) is 2.82. The molecule has 0 fully saturated rings. The van der Waals surface area contributed by atoms with Crippen molar-refractivity contribution in [3.8, 4) is 0 Å². The van der Waals surface area contributed by atoms with Gasteiger partial charge < -0.3 is 5.32 Å². The fourth-order valence-corrected chi connectivity index (χ4v) is 3.04. The minimum atomic E-state index is 0.499. The van der Waals surface area contributed by atoms with Crippen molar-refractivity contribution < 1.29 is 0 Å². The highest BCUT2D eigenvalue weighted by Crippen LogP contribution is 2.24. The third-order valence-corrected chi connectivity index (χ3v) is 4.18. The van der Waals surface area contributed by atoms with Crippen LogP contribution in [0.25, 0.3) is 0 Å². The highest BCUT2D eigenvalue weighted by molar-refractivity contribution is 7.10. The lowest BCUT2D eigenvalue weighted by molar-refractivity contribution is 0.528. The lowest BCUT2D eigenvalue weighted by Crippen LogP contribution is -2.15. The first-order valence-corrected chi connectivity index (χ1v) is 7.44. The standard InChI is InChI=1S/C16H21NS/c1-13-11-15(12-18-13)16(17-2)10-6-9-14-7-4-3-5-8-14/h3-5,7-8,11-12,16-17H,6,9-10H2,1-2H3. The van der Waals surface area contributed by atoms with Crippen LogP contribution in [-0.4, -0.2) is 7.05 Å². The highest BCUT2D eigenvalue weighted by atomic mass is 32.1. The fourth-order valence-electron chi connectivity index (χ4n) is 2.28. The Morgan fingerprint density at radius 3 is 2.61 bits per heavy atom. The average molecular weight is 259 g/mol. The van der Waals surface area contributed by atoms with Crippen LogP contribution in [0.2, 0.25) is 0 Å². The van der Waals surface area contributed by atoms with Crippen molar-refractivity contribution in [2.24, 2.45) is 0 Å². The van der Waals surface area contributed by atoms with Gasteiger partial charge in [-0.1, -0.05) is 30.3 Å². The molecule has 1 nitrogen and oxygen atoms in total. The van der Waals surface area contributed by atoms with E-state index in [1.165, 1.54) is 35.3 Å². The number of aryl methyl sites for hydroxylation is 2. The normalized spacial score (nSPS) is 12.6. The predicted molar refractivity (Wildman–Crippen MR) is 80.2 cm³/mol. The van der Waals surface area contributed by atoms with Gasteiger partial charge in [0, 0.05) is 10.9 Å². The summed E-state index contributed by atoms with van der Waals surface area (Å²) in [6.07, 6.45) is 3.59. The topological polar surface area (TPSA) is 12.0 Å². The van der Waals surface area contributed by atoms with Gasteiger partial charge in [-0.3, -0.25) is 0 Å². The van der Waals surface area contributed by atoms with Gasteiger partial charge in [-0.05, 0) is 55.8 Å². The number of hydrogen-bond acceptors (Lipinski definition) is 2. The number of hydrogen-bond donors (Lipinski definition) is 1. The van der Waals surface area contributed by atoms with Crippen LogP contribution in [0.1, 0.15) is 34.9 Å². The molecule has 0 bridgehead atoms. The van der Waals surface area contributed by atoms with E-state index in [4.69, 9.17) is 0 Å². The Morgan fingerprint density at radius 1 is 1.22 bits per heavy atom. The van der Waals surface area contributed by atoms with E-state index >= 15 is 0 Å². The van der Waals surface area contributed by atoms with Crippen molar-refractivity contribution in [1.29, 1.82) is 0 Å². The van der Waals surface area contributed by atoms with Crippen LogP contribution < -0.4 is 5.32 Å². The van der Waals surface area contributed by atoms with Crippen LogP contribution in [0.3, 0.4) is 0 Å². The molecular formula is C16H21NS. The zero-order valence-electron chi connectivity index (χ0n) is 11.1. The van der Waals surface area contributed by atoms with Crippen molar-refractivity contribution in [2.75, 3.05) is 7.05 Å². The van der Waals surface area contributed by atoms with E-state index < -0.39 is 0 Å². The molecule has 0 spiro atoms. The van der Waals surface area contributed by atoms with E-state index in [1.54, 1.807) is 0 Å². The fraction of sp³-hybridized carbons (Fsp3) is 0.375. The molecule has 0 aliphatic heterocycles. The smallest absolute Gasteiger partial charge is 0.0326 e. The maximum Gasteiger partial charge on any atom is 0.0326 e. The van der Waals surface area contributed by atoms with Gasteiger partial charge in [0.1, 0.15) is 0 Å².